The van der Waals surface area contributed by atoms with Crippen LogP contribution in [0.4, 0.5) is 0 Å². The molecule has 2 aromatic rings. The third-order valence-electron chi connectivity index (χ3n) is 9.53. The van der Waals surface area contributed by atoms with Crippen LogP contribution in [0.25, 0.3) is 0 Å². The van der Waals surface area contributed by atoms with Crippen LogP contribution < -0.4 is 4.74 Å². The van der Waals surface area contributed by atoms with Gasteiger partial charge in [0.25, 0.3) is 0 Å². The molecule has 1 fully saturated rings. The van der Waals surface area contributed by atoms with Gasteiger partial charge >= 0.3 is 0 Å². The van der Waals surface area contributed by atoms with Gasteiger partial charge < -0.3 is 4.74 Å². The van der Waals surface area contributed by atoms with E-state index >= 15 is 0 Å². The normalized spacial score (nSPS) is 22.5. The number of pyridine rings is 1. The van der Waals surface area contributed by atoms with Crippen LogP contribution in [-0.4, -0.2) is 17.4 Å². The van der Waals surface area contributed by atoms with Gasteiger partial charge in [0.1, 0.15) is 11.5 Å². The Morgan fingerprint density at radius 2 is 1.87 bits per heavy atom. The highest BCUT2D eigenvalue weighted by Crippen LogP contribution is 2.43. The van der Waals surface area contributed by atoms with Gasteiger partial charge in [-0.3, -0.25) is 9.78 Å². The Balaban J connectivity index is 1.45. The fourth-order valence-electron chi connectivity index (χ4n) is 7.36. The van der Waals surface area contributed by atoms with Crippen LogP contribution in [0.3, 0.4) is 0 Å². The number of fused-ring (bicyclic) bond motifs is 1. The summed E-state index contributed by atoms with van der Waals surface area (Å²) in [6.45, 7) is 7.82. The zero-order valence-electron chi connectivity index (χ0n) is 25.0. The molecule has 0 N–H and O–H groups in total. The molecule has 214 valence electrons. The van der Waals surface area contributed by atoms with Crippen LogP contribution in [-0.2, 0) is 17.6 Å². The SMILES string of the molecule is CCCCCC(CCc1cccnc1)C(=O)CC1CC[C@@H](C[C@H](C)CCC)C[C@@H](c2ccc3c(c2)CCO3)C1. The second kappa shape index (κ2) is 15.6. The van der Waals surface area contributed by atoms with Gasteiger partial charge in [0, 0.05) is 31.2 Å². The molecule has 3 heteroatoms. The molecule has 2 heterocycles. The maximum absolute atomic E-state index is 13.8. The van der Waals surface area contributed by atoms with Crippen molar-refractivity contribution in [3.8, 4) is 5.75 Å². The molecule has 0 amide bonds. The fourth-order valence-corrected chi connectivity index (χ4v) is 7.36. The van der Waals surface area contributed by atoms with E-state index in [0.29, 0.717) is 17.6 Å². The molecule has 0 radical (unpaired) electrons. The van der Waals surface area contributed by atoms with Crippen molar-refractivity contribution in [2.75, 3.05) is 6.61 Å². The largest absolute Gasteiger partial charge is 0.493 e. The second-order valence-electron chi connectivity index (χ2n) is 12.8. The summed E-state index contributed by atoms with van der Waals surface area (Å²) in [5.41, 5.74) is 4.12. The van der Waals surface area contributed by atoms with E-state index in [0.717, 1.165) is 62.7 Å². The molecule has 2 unspecified atom stereocenters. The van der Waals surface area contributed by atoms with Crippen molar-refractivity contribution in [2.45, 2.75) is 123 Å². The maximum atomic E-state index is 13.8. The summed E-state index contributed by atoms with van der Waals surface area (Å²) in [4.78, 5) is 18.1. The summed E-state index contributed by atoms with van der Waals surface area (Å²) < 4.78 is 5.81. The lowest BCUT2D eigenvalue weighted by atomic mass is 9.80. The van der Waals surface area contributed by atoms with Gasteiger partial charge in [-0.05, 0) is 97.4 Å². The number of hydrogen-bond donors (Lipinski definition) is 0. The Morgan fingerprint density at radius 1 is 1.03 bits per heavy atom. The molecule has 2 aliphatic rings. The Hall–Kier alpha value is -2.16. The number of nitrogens with zero attached hydrogens (tertiary/aromatic N) is 1. The van der Waals surface area contributed by atoms with Crippen molar-refractivity contribution in [2.24, 2.45) is 23.7 Å². The highest BCUT2D eigenvalue weighted by Gasteiger charge is 2.31. The molecular formula is C36H53NO2. The van der Waals surface area contributed by atoms with Gasteiger partial charge in [-0.25, -0.2) is 0 Å². The number of hydrogen-bond acceptors (Lipinski definition) is 3. The minimum Gasteiger partial charge on any atom is -0.493 e. The van der Waals surface area contributed by atoms with Gasteiger partial charge in [0.15, 0.2) is 0 Å². The zero-order chi connectivity index (χ0) is 27.5. The smallest absolute Gasteiger partial charge is 0.136 e. The number of aryl methyl sites for hydroxylation is 1. The number of benzene rings is 1. The van der Waals surface area contributed by atoms with Gasteiger partial charge in [0.05, 0.1) is 6.61 Å². The van der Waals surface area contributed by atoms with Crippen LogP contribution in [0.15, 0.2) is 42.7 Å². The molecule has 1 saturated carbocycles. The van der Waals surface area contributed by atoms with Crippen LogP contribution in [0.5, 0.6) is 5.75 Å². The van der Waals surface area contributed by atoms with Gasteiger partial charge in [-0.2, -0.15) is 0 Å². The Bertz CT molecular complexity index is 1000. The van der Waals surface area contributed by atoms with Gasteiger partial charge in [-0.1, -0.05) is 77.5 Å². The predicted molar refractivity (Wildman–Crippen MR) is 162 cm³/mol. The quantitative estimate of drug-likeness (QED) is 0.170. The molecule has 4 rings (SSSR count). The number of Topliss-reactive ketones (excluding diaryl/α,β-unsaturated/α-hetero) is 1. The molecule has 3 nitrogen and oxygen atoms in total. The van der Waals surface area contributed by atoms with E-state index < -0.39 is 0 Å². The van der Waals surface area contributed by atoms with E-state index in [-0.39, 0.29) is 5.92 Å². The third-order valence-corrected chi connectivity index (χ3v) is 9.53. The first kappa shape index (κ1) is 29.8. The van der Waals surface area contributed by atoms with E-state index in [1.807, 2.05) is 18.5 Å². The molecule has 1 aromatic heterocycles. The number of ketones is 1. The molecule has 39 heavy (non-hydrogen) atoms. The van der Waals surface area contributed by atoms with Crippen LogP contribution >= 0.6 is 0 Å². The van der Waals surface area contributed by atoms with Gasteiger partial charge in [0.2, 0.25) is 0 Å². The standard InChI is InChI=1S/C36H53NO2/c1-4-6-7-11-31(15-14-28-10-8-19-37-26-28)35(38)24-30-13-12-29(21-27(3)9-5-2)22-34(23-30)32-16-17-36-33(25-32)18-20-39-36/h8,10,16-17,19,25-27,29-31,34H,4-7,9,11-15,18,20-24H2,1-3H3/t27-,29+,30?,31?,34-/m1/s1. The lowest BCUT2D eigenvalue weighted by Crippen LogP contribution is -2.20. The number of carbonyl (C=O) groups excluding carboxylic acids is 1. The molecule has 1 aliphatic carbocycles. The average molecular weight is 532 g/mol. The van der Waals surface area contributed by atoms with Crippen LogP contribution in [0.1, 0.15) is 127 Å². The first-order valence-electron chi connectivity index (χ1n) is 16.2. The fraction of sp³-hybridized carbons (Fsp3) is 0.667. The third kappa shape index (κ3) is 9.19. The van der Waals surface area contributed by atoms with Crippen molar-refractivity contribution in [1.29, 1.82) is 0 Å². The highest BCUT2D eigenvalue weighted by molar-refractivity contribution is 5.81. The summed E-state index contributed by atoms with van der Waals surface area (Å²) in [6, 6.07) is 11.1. The summed E-state index contributed by atoms with van der Waals surface area (Å²) in [7, 11) is 0. The van der Waals surface area contributed by atoms with E-state index in [4.69, 9.17) is 4.74 Å². The molecule has 1 aliphatic heterocycles. The van der Waals surface area contributed by atoms with Crippen molar-refractivity contribution in [3.05, 3.63) is 59.4 Å². The Morgan fingerprint density at radius 3 is 2.67 bits per heavy atom. The lowest BCUT2D eigenvalue weighted by molar-refractivity contribution is -0.124. The molecule has 1 aromatic carbocycles. The topological polar surface area (TPSA) is 39.2 Å². The van der Waals surface area contributed by atoms with E-state index in [1.165, 1.54) is 74.5 Å². The Kier molecular flexibility index (Phi) is 11.9. The predicted octanol–water partition coefficient (Wildman–Crippen LogP) is 9.52. The van der Waals surface area contributed by atoms with Crippen LogP contribution in [0, 0.1) is 23.7 Å². The first-order valence-corrected chi connectivity index (χ1v) is 16.2. The van der Waals surface area contributed by atoms with E-state index in [9.17, 15) is 4.79 Å². The summed E-state index contributed by atoms with van der Waals surface area (Å²) in [5, 5.41) is 0. The van der Waals surface area contributed by atoms with E-state index in [1.54, 1.807) is 0 Å². The molecule has 5 atom stereocenters. The number of unbranched alkanes of at least 4 members (excludes halogenated alkanes) is 2. The van der Waals surface area contributed by atoms with Crippen molar-refractivity contribution >= 4 is 5.78 Å². The average Bonchev–Trinajstić information content (AvgIpc) is 3.33. The van der Waals surface area contributed by atoms with Gasteiger partial charge in [-0.15, -0.1) is 0 Å². The number of ether oxygens (including phenoxy) is 1. The minimum absolute atomic E-state index is 0.191. The second-order valence-corrected chi connectivity index (χ2v) is 12.8. The lowest BCUT2D eigenvalue weighted by Gasteiger charge is -2.24. The number of aromatic nitrogens is 1. The zero-order valence-corrected chi connectivity index (χ0v) is 25.0. The van der Waals surface area contributed by atoms with Crippen molar-refractivity contribution in [1.82, 2.24) is 4.98 Å². The highest BCUT2D eigenvalue weighted by atomic mass is 16.5. The summed E-state index contributed by atoms with van der Waals surface area (Å²) >= 11 is 0. The molecule has 0 bridgehead atoms. The monoisotopic (exact) mass is 531 g/mol. The number of rotatable bonds is 15. The summed E-state index contributed by atoms with van der Waals surface area (Å²) in [5.74, 6) is 4.43. The minimum atomic E-state index is 0.191. The summed E-state index contributed by atoms with van der Waals surface area (Å²) in [6.07, 6.45) is 21.0. The molecule has 0 saturated heterocycles. The Labute approximate surface area is 238 Å². The maximum Gasteiger partial charge on any atom is 0.136 e. The van der Waals surface area contributed by atoms with Crippen molar-refractivity contribution < 1.29 is 9.53 Å². The molecular weight excluding hydrogens is 478 g/mol. The molecule has 0 spiro atoms. The first-order chi connectivity index (χ1) is 19.1. The van der Waals surface area contributed by atoms with Crippen LogP contribution in [0.2, 0.25) is 0 Å². The van der Waals surface area contributed by atoms with E-state index in [2.05, 4.69) is 50.0 Å². The number of carbonyl (C=O) groups is 1. The van der Waals surface area contributed by atoms with Crippen molar-refractivity contribution in [3.63, 3.8) is 0 Å².